The van der Waals surface area contributed by atoms with E-state index >= 15 is 0 Å². The zero-order valence-electron chi connectivity index (χ0n) is 11.5. The molecule has 0 aromatic carbocycles. The minimum Gasteiger partial charge on any atom is -0.444 e. The summed E-state index contributed by atoms with van der Waals surface area (Å²) < 4.78 is 6.95. The summed E-state index contributed by atoms with van der Waals surface area (Å²) in [5.74, 6) is 0. The molecule has 7 heteroatoms. The van der Waals surface area contributed by atoms with E-state index in [1.54, 1.807) is 4.68 Å². The number of carbonyl (C=O) groups excluding carboxylic acids is 1. The molecule has 1 aliphatic heterocycles. The normalized spacial score (nSPS) is 18.8. The minimum absolute atomic E-state index is 0.0180. The molecule has 0 saturated heterocycles. The van der Waals surface area contributed by atoms with Crippen LogP contribution in [0.1, 0.15) is 38.6 Å². The van der Waals surface area contributed by atoms with Gasteiger partial charge in [0.15, 0.2) is 0 Å². The Morgan fingerprint density at radius 2 is 2.32 bits per heavy atom. The van der Waals surface area contributed by atoms with Crippen LogP contribution >= 0.6 is 0 Å². The summed E-state index contributed by atoms with van der Waals surface area (Å²) in [6.45, 7) is 5.95. The first-order valence-corrected chi connectivity index (χ1v) is 6.40. The molecule has 1 aliphatic rings. The van der Waals surface area contributed by atoms with Gasteiger partial charge in [0.1, 0.15) is 11.3 Å². The number of rotatable bonds is 2. The van der Waals surface area contributed by atoms with E-state index in [1.807, 2.05) is 20.8 Å². The molecule has 19 heavy (non-hydrogen) atoms. The summed E-state index contributed by atoms with van der Waals surface area (Å²) in [5.41, 5.74) is 1.07. The van der Waals surface area contributed by atoms with Crippen molar-refractivity contribution in [3.63, 3.8) is 0 Å². The third kappa shape index (κ3) is 3.44. The van der Waals surface area contributed by atoms with Gasteiger partial charge in [-0.3, -0.25) is 0 Å². The fraction of sp³-hybridized carbons (Fsp3) is 0.750. The summed E-state index contributed by atoms with van der Waals surface area (Å²) in [7, 11) is 0. The lowest BCUT2D eigenvalue weighted by molar-refractivity contribution is 0.0491. The molecular formula is C12H20N4O3. The lowest BCUT2D eigenvalue weighted by Crippen LogP contribution is -2.43. The predicted octanol–water partition coefficient (Wildman–Crippen LogP) is 0.610. The van der Waals surface area contributed by atoms with Crippen molar-refractivity contribution >= 4 is 6.09 Å². The Labute approximate surface area is 111 Å². The van der Waals surface area contributed by atoms with Crippen LogP contribution in [0, 0.1) is 0 Å². The third-order valence-electron chi connectivity index (χ3n) is 2.91. The van der Waals surface area contributed by atoms with E-state index in [0.29, 0.717) is 12.2 Å². The highest BCUT2D eigenvalue weighted by molar-refractivity contribution is 5.68. The highest BCUT2D eigenvalue weighted by atomic mass is 16.6. The van der Waals surface area contributed by atoms with Crippen molar-refractivity contribution in [2.75, 3.05) is 0 Å². The molecule has 2 rings (SSSR count). The first-order chi connectivity index (χ1) is 8.89. The Balaban J connectivity index is 1.93. The molecule has 2 N–H and O–H groups in total. The van der Waals surface area contributed by atoms with Crippen LogP contribution in [-0.2, 0) is 24.3 Å². The summed E-state index contributed by atoms with van der Waals surface area (Å²) in [5, 5.41) is 19.8. The van der Waals surface area contributed by atoms with Gasteiger partial charge in [0, 0.05) is 0 Å². The molecule has 0 aliphatic carbocycles. The van der Waals surface area contributed by atoms with Gasteiger partial charge in [0.05, 0.1) is 24.9 Å². The van der Waals surface area contributed by atoms with Crippen molar-refractivity contribution in [3.05, 3.63) is 11.4 Å². The molecule has 1 aromatic heterocycles. The van der Waals surface area contributed by atoms with Crippen LogP contribution in [0.2, 0.25) is 0 Å². The second-order valence-corrected chi connectivity index (χ2v) is 5.70. The molecule has 0 spiro atoms. The average Bonchev–Trinajstić information content (AvgIpc) is 2.68. The van der Waals surface area contributed by atoms with Gasteiger partial charge in [-0.15, -0.1) is 5.10 Å². The molecule has 0 saturated carbocycles. The van der Waals surface area contributed by atoms with E-state index in [-0.39, 0.29) is 12.6 Å². The van der Waals surface area contributed by atoms with E-state index in [9.17, 15) is 4.79 Å². The lowest BCUT2D eigenvalue weighted by Gasteiger charge is -2.26. The third-order valence-corrected chi connectivity index (χ3v) is 2.91. The number of amides is 1. The molecule has 0 fully saturated rings. The highest BCUT2D eigenvalue weighted by Gasteiger charge is 2.25. The number of ether oxygens (including phenoxy) is 1. The van der Waals surface area contributed by atoms with Crippen LogP contribution in [0.4, 0.5) is 4.79 Å². The van der Waals surface area contributed by atoms with Crippen molar-refractivity contribution in [3.8, 4) is 0 Å². The van der Waals surface area contributed by atoms with E-state index in [2.05, 4.69) is 15.6 Å². The van der Waals surface area contributed by atoms with Crippen molar-refractivity contribution in [1.29, 1.82) is 0 Å². The van der Waals surface area contributed by atoms with Crippen LogP contribution in [0.25, 0.3) is 0 Å². The van der Waals surface area contributed by atoms with Gasteiger partial charge in [0.25, 0.3) is 0 Å². The highest BCUT2D eigenvalue weighted by Crippen LogP contribution is 2.17. The quantitative estimate of drug-likeness (QED) is 0.820. The number of nitrogens with zero attached hydrogens (tertiary/aromatic N) is 3. The van der Waals surface area contributed by atoms with Crippen LogP contribution in [0.5, 0.6) is 0 Å². The topological polar surface area (TPSA) is 89.3 Å². The van der Waals surface area contributed by atoms with E-state index in [0.717, 1.165) is 18.5 Å². The van der Waals surface area contributed by atoms with Crippen molar-refractivity contribution < 1.29 is 14.6 Å². The van der Waals surface area contributed by atoms with Gasteiger partial charge in [-0.25, -0.2) is 9.48 Å². The van der Waals surface area contributed by atoms with Gasteiger partial charge in [0.2, 0.25) is 0 Å². The Morgan fingerprint density at radius 1 is 1.58 bits per heavy atom. The number of alkyl carbamates (subject to hydrolysis) is 1. The van der Waals surface area contributed by atoms with Crippen molar-refractivity contribution in [2.24, 2.45) is 0 Å². The minimum atomic E-state index is -0.499. The van der Waals surface area contributed by atoms with Gasteiger partial charge >= 0.3 is 6.09 Å². The first kappa shape index (κ1) is 13.8. The van der Waals surface area contributed by atoms with Crippen LogP contribution in [0.3, 0.4) is 0 Å². The van der Waals surface area contributed by atoms with Gasteiger partial charge in [-0.2, -0.15) is 0 Å². The Bertz CT molecular complexity index is 464. The Morgan fingerprint density at radius 3 is 2.95 bits per heavy atom. The summed E-state index contributed by atoms with van der Waals surface area (Å²) in [6, 6.07) is -0.0180. The number of aliphatic hydroxyl groups is 1. The monoisotopic (exact) mass is 268 g/mol. The largest absolute Gasteiger partial charge is 0.444 e. The van der Waals surface area contributed by atoms with E-state index in [1.165, 1.54) is 0 Å². The number of aliphatic hydroxyl groups excluding tert-OH is 1. The second kappa shape index (κ2) is 5.16. The Hall–Kier alpha value is -1.63. The van der Waals surface area contributed by atoms with Gasteiger partial charge < -0.3 is 15.2 Å². The van der Waals surface area contributed by atoms with E-state index in [4.69, 9.17) is 9.84 Å². The molecule has 1 amide bonds. The van der Waals surface area contributed by atoms with Crippen molar-refractivity contribution in [1.82, 2.24) is 20.3 Å². The smallest absolute Gasteiger partial charge is 0.407 e. The molecule has 1 atom stereocenters. The second-order valence-electron chi connectivity index (χ2n) is 5.70. The molecule has 106 valence electrons. The summed E-state index contributed by atoms with van der Waals surface area (Å²) in [4.78, 5) is 11.7. The van der Waals surface area contributed by atoms with Crippen LogP contribution < -0.4 is 5.32 Å². The van der Waals surface area contributed by atoms with Crippen LogP contribution in [-0.4, -0.2) is 37.8 Å². The molecule has 7 nitrogen and oxygen atoms in total. The molecule has 1 unspecified atom stereocenters. The molecule has 0 bridgehead atoms. The van der Waals surface area contributed by atoms with Gasteiger partial charge in [-0.05, 0) is 33.6 Å². The fourth-order valence-electron chi connectivity index (χ4n) is 2.11. The van der Waals surface area contributed by atoms with E-state index < -0.39 is 11.7 Å². The predicted molar refractivity (Wildman–Crippen MR) is 67.4 cm³/mol. The SMILES string of the molecule is CC(C)(C)OC(=O)NC1CCc2c(CO)nnn2C1. The first-order valence-electron chi connectivity index (χ1n) is 6.40. The van der Waals surface area contributed by atoms with Crippen molar-refractivity contribution in [2.45, 2.75) is 58.4 Å². The molecule has 0 radical (unpaired) electrons. The fourth-order valence-corrected chi connectivity index (χ4v) is 2.11. The number of hydrogen-bond acceptors (Lipinski definition) is 5. The molecule has 2 heterocycles. The summed E-state index contributed by atoms with van der Waals surface area (Å²) in [6.07, 6.45) is 1.12. The zero-order valence-corrected chi connectivity index (χ0v) is 11.5. The van der Waals surface area contributed by atoms with Gasteiger partial charge in [-0.1, -0.05) is 5.21 Å². The number of nitrogens with one attached hydrogen (secondary N) is 1. The molecule has 1 aromatic rings. The zero-order chi connectivity index (χ0) is 14.0. The maximum Gasteiger partial charge on any atom is 0.407 e. The summed E-state index contributed by atoms with van der Waals surface area (Å²) >= 11 is 0. The number of hydrogen-bond donors (Lipinski definition) is 2. The Kier molecular flexibility index (Phi) is 3.75. The standard InChI is InChI=1S/C12H20N4O3/c1-12(2,3)19-11(18)13-8-4-5-10-9(7-17)14-15-16(10)6-8/h8,17H,4-7H2,1-3H3,(H,13,18). The number of carbonyl (C=O) groups is 1. The maximum atomic E-state index is 11.7. The molecular weight excluding hydrogens is 248 g/mol. The van der Waals surface area contributed by atoms with Crippen LogP contribution in [0.15, 0.2) is 0 Å². The number of fused-ring (bicyclic) bond motifs is 1. The lowest BCUT2D eigenvalue weighted by atomic mass is 10.0. The average molecular weight is 268 g/mol. The maximum absolute atomic E-state index is 11.7. The number of aromatic nitrogens is 3.